The predicted octanol–water partition coefficient (Wildman–Crippen LogP) is 1.91. The molecule has 1 heterocycles. The topological polar surface area (TPSA) is 122 Å². The average molecular weight is 379 g/mol. The Morgan fingerprint density at radius 2 is 2.00 bits per heavy atom. The standard InChI is InChI=1S/C11H11Cl2N5O2S2/c1-4-2-5(12)9(6(13)3-4)18-10(14)7(17-22(19)20)8(16-18)11(15)21/h2-3,17H,14H2,1H3,(H2,15,21)(H,19,20)/p-1. The van der Waals surface area contributed by atoms with E-state index in [0.717, 1.165) is 5.56 Å². The zero-order chi connectivity index (χ0) is 16.6. The second-order valence-corrected chi connectivity index (χ2v) is 6.23. The number of hydrogen-bond acceptors (Lipinski definition) is 5. The van der Waals surface area contributed by atoms with Crippen molar-refractivity contribution in [1.29, 1.82) is 0 Å². The Labute approximate surface area is 144 Å². The van der Waals surface area contributed by atoms with Crippen LogP contribution in [0.25, 0.3) is 5.69 Å². The number of aromatic nitrogens is 2. The van der Waals surface area contributed by atoms with Gasteiger partial charge in [-0.25, -0.2) is 4.68 Å². The van der Waals surface area contributed by atoms with Gasteiger partial charge in [-0.3, -0.25) is 4.21 Å². The Hall–Kier alpha value is -1.39. The number of thiocarbonyl (C=S) groups is 1. The summed E-state index contributed by atoms with van der Waals surface area (Å²) in [6, 6.07) is 3.34. The molecule has 1 unspecified atom stereocenters. The minimum atomic E-state index is -2.63. The number of nitrogen functional groups attached to an aromatic ring is 1. The summed E-state index contributed by atoms with van der Waals surface area (Å²) in [4.78, 5) is -0.127. The Kier molecular flexibility index (Phi) is 4.93. The zero-order valence-electron chi connectivity index (χ0n) is 11.1. The average Bonchev–Trinajstić information content (AvgIpc) is 2.66. The van der Waals surface area contributed by atoms with Crippen LogP contribution in [-0.2, 0) is 11.3 Å². The van der Waals surface area contributed by atoms with Gasteiger partial charge in [-0.15, -0.1) is 0 Å². The summed E-state index contributed by atoms with van der Waals surface area (Å²) >= 11 is 14.6. The van der Waals surface area contributed by atoms with Gasteiger partial charge in [0.25, 0.3) is 0 Å². The molecule has 7 nitrogen and oxygen atoms in total. The number of anilines is 2. The van der Waals surface area contributed by atoms with Gasteiger partial charge in [0.15, 0.2) is 5.82 Å². The predicted molar refractivity (Wildman–Crippen MR) is 91.2 cm³/mol. The number of hydrogen-bond donors (Lipinski definition) is 3. The van der Waals surface area contributed by atoms with E-state index in [-0.39, 0.29) is 22.2 Å². The summed E-state index contributed by atoms with van der Waals surface area (Å²) in [5.74, 6) is -0.0420. The van der Waals surface area contributed by atoms with Crippen LogP contribution in [0.2, 0.25) is 10.0 Å². The van der Waals surface area contributed by atoms with Crippen LogP contribution >= 0.6 is 35.4 Å². The Morgan fingerprint density at radius 3 is 2.45 bits per heavy atom. The molecule has 0 amide bonds. The van der Waals surface area contributed by atoms with E-state index in [0.29, 0.717) is 15.7 Å². The van der Waals surface area contributed by atoms with Crippen LogP contribution < -0.4 is 16.2 Å². The normalized spacial score (nSPS) is 12.2. The molecule has 2 rings (SSSR count). The molecule has 1 aromatic heterocycles. The Bertz CT molecular complexity index is 770. The van der Waals surface area contributed by atoms with Crippen LogP contribution in [0, 0.1) is 6.92 Å². The highest BCUT2D eigenvalue weighted by atomic mass is 35.5. The first-order valence-corrected chi connectivity index (χ1v) is 7.96. The lowest BCUT2D eigenvalue weighted by Crippen LogP contribution is -2.14. The highest BCUT2D eigenvalue weighted by Gasteiger charge is 2.21. The lowest BCUT2D eigenvalue weighted by atomic mass is 10.2. The molecule has 0 saturated carbocycles. The third-order valence-corrected chi connectivity index (χ3v) is 3.85. The van der Waals surface area contributed by atoms with Crippen LogP contribution in [0.5, 0.6) is 0 Å². The van der Waals surface area contributed by atoms with Gasteiger partial charge in [0.1, 0.15) is 22.1 Å². The van der Waals surface area contributed by atoms with E-state index in [1.54, 1.807) is 12.1 Å². The molecular formula is C11H10Cl2N5O2S2-. The molecule has 11 heteroatoms. The molecule has 0 saturated heterocycles. The largest absolute Gasteiger partial charge is 0.755 e. The lowest BCUT2D eigenvalue weighted by Gasteiger charge is -2.11. The molecule has 0 fully saturated rings. The van der Waals surface area contributed by atoms with Crippen molar-refractivity contribution in [3.05, 3.63) is 33.4 Å². The number of nitrogens with two attached hydrogens (primary N) is 2. The lowest BCUT2D eigenvalue weighted by molar-refractivity contribution is 0.542. The number of rotatable bonds is 4. The van der Waals surface area contributed by atoms with E-state index in [2.05, 4.69) is 9.82 Å². The van der Waals surface area contributed by atoms with Crippen molar-refractivity contribution in [2.45, 2.75) is 6.92 Å². The number of nitrogens with zero attached hydrogens (tertiary/aromatic N) is 2. The highest BCUT2D eigenvalue weighted by molar-refractivity contribution is 7.81. The third kappa shape index (κ3) is 3.18. The fourth-order valence-corrected chi connectivity index (χ4v) is 3.12. The highest BCUT2D eigenvalue weighted by Crippen LogP contribution is 2.35. The summed E-state index contributed by atoms with van der Waals surface area (Å²) in [5.41, 5.74) is 12.6. The maximum atomic E-state index is 10.9. The van der Waals surface area contributed by atoms with E-state index in [4.69, 9.17) is 46.9 Å². The quantitative estimate of drug-likeness (QED) is 0.551. The van der Waals surface area contributed by atoms with E-state index >= 15 is 0 Å². The van der Waals surface area contributed by atoms with Gasteiger partial charge in [-0.1, -0.05) is 35.4 Å². The number of nitrogens with one attached hydrogen (secondary N) is 1. The molecule has 2 aromatic rings. The van der Waals surface area contributed by atoms with Gasteiger partial charge in [-0.05, 0) is 24.6 Å². The van der Waals surface area contributed by atoms with Gasteiger partial charge in [-0.2, -0.15) is 5.10 Å². The summed E-state index contributed by atoms with van der Waals surface area (Å²) in [6.45, 7) is 1.82. The van der Waals surface area contributed by atoms with Crippen molar-refractivity contribution in [1.82, 2.24) is 9.78 Å². The fraction of sp³-hybridized carbons (Fsp3) is 0.0909. The fourth-order valence-electron chi connectivity index (χ4n) is 1.85. The molecule has 0 spiro atoms. The number of benzene rings is 1. The minimum absolute atomic E-state index is 0.0180. The van der Waals surface area contributed by atoms with Crippen LogP contribution in [-0.4, -0.2) is 23.5 Å². The maximum absolute atomic E-state index is 10.9. The Morgan fingerprint density at radius 1 is 1.45 bits per heavy atom. The summed E-state index contributed by atoms with van der Waals surface area (Å²) < 4.78 is 25.1. The molecule has 0 aliphatic rings. The van der Waals surface area contributed by atoms with Crippen molar-refractivity contribution in [2.75, 3.05) is 10.5 Å². The maximum Gasteiger partial charge on any atom is 0.152 e. The molecule has 0 bridgehead atoms. The first-order valence-electron chi connectivity index (χ1n) is 5.72. The second-order valence-electron chi connectivity index (χ2n) is 4.30. The smallest absolute Gasteiger partial charge is 0.152 e. The summed E-state index contributed by atoms with van der Waals surface area (Å²) in [6.07, 6.45) is 0. The van der Waals surface area contributed by atoms with Crippen LogP contribution in [0.4, 0.5) is 11.5 Å². The first kappa shape index (κ1) is 17.0. The van der Waals surface area contributed by atoms with Gasteiger partial charge in [0, 0.05) is 11.3 Å². The summed E-state index contributed by atoms with van der Waals surface area (Å²) in [5, 5.41) is 4.69. The van der Waals surface area contributed by atoms with Crippen molar-refractivity contribution < 1.29 is 8.76 Å². The third-order valence-electron chi connectivity index (χ3n) is 2.71. The molecule has 5 N–H and O–H groups in total. The van der Waals surface area contributed by atoms with Crippen molar-refractivity contribution in [2.24, 2.45) is 5.73 Å². The second kappa shape index (κ2) is 6.39. The first-order chi connectivity index (χ1) is 10.2. The molecule has 22 heavy (non-hydrogen) atoms. The van der Waals surface area contributed by atoms with Gasteiger partial charge in [0.2, 0.25) is 0 Å². The van der Waals surface area contributed by atoms with Crippen molar-refractivity contribution in [3.8, 4) is 5.69 Å². The van der Waals surface area contributed by atoms with E-state index in [1.807, 2.05) is 6.92 Å². The SMILES string of the molecule is Cc1cc(Cl)c(-n2nc(C(N)=S)c(NS(=O)[O-])c2N)c(Cl)c1. The number of halogens is 2. The van der Waals surface area contributed by atoms with Crippen LogP contribution in [0.1, 0.15) is 11.3 Å². The van der Waals surface area contributed by atoms with E-state index < -0.39 is 11.3 Å². The van der Waals surface area contributed by atoms with Gasteiger partial charge < -0.3 is 20.7 Å². The number of aryl methyl sites for hydroxylation is 1. The molecule has 0 radical (unpaired) electrons. The van der Waals surface area contributed by atoms with E-state index in [1.165, 1.54) is 4.68 Å². The molecule has 1 atom stereocenters. The molecule has 0 aliphatic heterocycles. The van der Waals surface area contributed by atoms with E-state index in [9.17, 15) is 8.76 Å². The van der Waals surface area contributed by atoms with Crippen LogP contribution in [0.3, 0.4) is 0 Å². The van der Waals surface area contributed by atoms with Gasteiger partial charge >= 0.3 is 0 Å². The monoisotopic (exact) mass is 378 g/mol. The summed E-state index contributed by atoms with van der Waals surface area (Å²) in [7, 11) is 0. The van der Waals surface area contributed by atoms with Crippen molar-refractivity contribution in [3.63, 3.8) is 0 Å². The minimum Gasteiger partial charge on any atom is -0.755 e. The Balaban J connectivity index is 2.72. The zero-order valence-corrected chi connectivity index (χ0v) is 14.2. The molecular weight excluding hydrogens is 369 g/mol. The van der Waals surface area contributed by atoms with Crippen molar-refractivity contribution >= 4 is 63.2 Å². The molecule has 1 aromatic carbocycles. The van der Waals surface area contributed by atoms with Crippen LogP contribution in [0.15, 0.2) is 12.1 Å². The molecule has 0 aliphatic carbocycles. The molecule has 118 valence electrons. The van der Waals surface area contributed by atoms with Gasteiger partial charge in [0.05, 0.1) is 10.0 Å².